The third-order valence-electron chi connectivity index (χ3n) is 5.21. The largest absolute Gasteiger partial charge is 0.460 e. The van der Waals surface area contributed by atoms with Gasteiger partial charge >= 0.3 is 0 Å². The Morgan fingerprint density at radius 3 is 2.79 bits per heavy atom. The molecule has 1 aromatic carbocycles. The van der Waals surface area contributed by atoms with Gasteiger partial charge in [0.15, 0.2) is 5.76 Å². The molecule has 29 heavy (non-hydrogen) atoms. The van der Waals surface area contributed by atoms with Crippen LogP contribution >= 0.6 is 0 Å². The van der Waals surface area contributed by atoms with E-state index in [1.165, 1.54) is 0 Å². The molecule has 0 saturated heterocycles. The summed E-state index contributed by atoms with van der Waals surface area (Å²) in [6.07, 6.45) is 4.80. The number of hydrogen-bond donors (Lipinski definition) is 1. The van der Waals surface area contributed by atoms with Crippen molar-refractivity contribution >= 4 is 5.95 Å². The predicted molar refractivity (Wildman–Crippen MR) is 110 cm³/mol. The quantitative estimate of drug-likeness (QED) is 0.579. The Bertz CT molecular complexity index is 1150. The van der Waals surface area contributed by atoms with Gasteiger partial charge in [0.05, 0.1) is 11.4 Å². The monoisotopic (exact) mass is 386 g/mol. The minimum atomic E-state index is 0.344. The molecule has 4 aromatic rings. The van der Waals surface area contributed by atoms with Crippen LogP contribution in [0.25, 0.3) is 17.1 Å². The molecule has 3 aromatic heterocycles. The zero-order valence-electron chi connectivity index (χ0n) is 16.2. The zero-order valence-corrected chi connectivity index (χ0v) is 16.2. The molecule has 0 atom stereocenters. The number of rotatable bonds is 4. The van der Waals surface area contributed by atoms with E-state index in [-0.39, 0.29) is 0 Å². The Hall–Kier alpha value is -3.45. The van der Waals surface area contributed by atoms with E-state index >= 15 is 0 Å². The molecule has 7 nitrogen and oxygen atoms in total. The maximum absolute atomic E-state index is 5.89. The van der Waals surface area contributed by atoms with Gasteiger partial charge in [0, 0.05) is 49.6 Å². The van der Waals surface area contributed by atoms with Crippen molar-refractivity contribution < 1.29 is 4.42 Å². The molecule has 146 valence electrons. The van der Waals surface area contributed by atoms with Crippen LogP contribution in [0.4, 0.5) is 5.95 Å². The predicted octanol–water partition coefficient (Wildman–Crippen LogP) is 3.37. The summed E-state index contributed by atoms with van der Waals surface area (Å²) in [6, 6.07) is 14.1. The molecule has 1 aliphatic rings. The van der Waals surface area contributed by atoms with Gasteiger partial charge in [0.1, 0.15) is 11.5 Å². The minimum absolute atomic E-state index is 0.344. The molecule has 7 heteroatoms. The number of benzene rings is 1. The Morgan fingerprint density at radius 1 is 1.14 bits per heavy atom. The van der Waals surface area contributed by atoms with Crippen molar-refractivity contribution in [1.29, 1.82) is 0 Å². The number of aryl methyl sites for hydroxylation is 1. The Morgan fingerprint density at radius 2 is 2.00 bits per heavy atom. The maximum atomic E-state index is 5.89. The minimum Gasteiger partial charge on any atom is -0.460 e. The number of nitrogens with zero attached hydrogens (tertiary/aromatic N) is 5. The van der Waals surface area contributed by atoms with Crippen LogP contribution in [-0.2, 0) is 19.5 Å². The number of aromatic nitrogens is 4. The van der Waals surface area contributed by atoms with Gasteiger partial charge < -0.3 is 10.2 Å². The molecule has 0 unspecified atom stereocenters. The smallest absolute Gasteiger partial charge is 0.220 e. The van der Waals surface area contributed by atoms with Crippen LogP contribution in [0, 0.1) is 6.92 Å². The highest BCUT2D eigenvalue weighted by atomic mass is 16.3. The van der Waals surface area contributed by atoms with E-state index in [9.17, 15) is 0 Å². The second-order valence-electron chi connectivity index (χ2n) is 7.35. The summed E-state index contributed by atoms with van der Waals surface area (Å²) in [7, 11) is 0. The second kappa shape index (κ2) is 7.18. The van der Waals surface area contributed by atoms with E-state index in [2.05, 4.69) is 21.1 Å². The highest BCUT2D eigenvalue weighted by Gasteiger charge is 2.22. The zero-order chi connectivity index (χ0) is 19.8. The molecule has 1 aliphatic heterocycles. The Kier molecular flexibility index (Phi) is 4.37. The second-order valence-corrected chi connectivity index (χ2v) is 7.35. The summed E-state index contributed by atoms with van der Waals surface area (Å²) in [5.41, 5.74) is 10.9. The third-order valence-corrected chi connectivity index (χ3v) is 5.21. The average molecular weight is 386 g/mol. The third kappa shape index (κ3) is 3.52. The van der Waals surface area contributed by atoms with Crippen LogP contribution in [0.2, 0.25) is 0 Å². The summed E-state index contributed by atoms with van der Waals surface area (Å²) in [4.78, 5) is 10.9. The summed E-state index contributed by atoms with van der Waals surface area (Å²) in [5.74, 6) is 2.01. The molecule has 0 radical (unpaired) electrons. The fourth-order valence-electron chi connectivity index (χ4n) is 3.77. The molecule has 0 bridgehead atoms. The average Bonchev–Trinajstić information content (AvgIpc) is 3.35. The lowest BCUT2D eigenvalue weighted by Crippen LogP contribution is -2.31. The topological polar surface area (TPSA) is 86.0 Å². The normalized spacial score (nSPS) is 14.1. The maximum Gasteiger partial charge on any atom is 0.220 e. The highest BCUT2D eigenvalue weighted by molar-refractivity contribution is 5.58. The van der Waals surface area contributed by atoms with Crippen LogP contribution in [0.1, 0.15) is 22.6 Å². The molecule has 5 rings (SSSR count). The van der Waals surface area contributed by atoms with Crippen LogP contribution in [0.15, 0.2) is 59.3 Å². The fraction of sp³-hybridized carbons (Fsp3) is 0.227. The van der Waals surface area contributed by atoms with E-state index in [0.717, 1.165) is 65.8 Å². The van der Waals surface area contributed by atoms with Crippen molar-refractivity contribution in [2.24, 2.45) is 0 Å². The van der Waals surface area contributed by atoms with Crippen LogP contribution in [-0.4, -0.2) is 31.2 Å². The van der Waals surface area contributed by atoms with Gasteiger partial charge in [-0.15, -0.1) is 0 Å². The van der Waals surface area contributed by atoms with Crippen molar-refractivity contribution in [1.82, 2.24) is 24.6 Å². The van der Waals surface area contributed by atoms with Crippen LogP contribution in [0.5, 0.6) is 0 Å². The standard InChI is InChI=1S/C22H22N6O/c1-15-7-8-20(29-15)21-17(14-28(26-21)18-5-3-2-4-6-18)13-27-10-9-19-16(12-27)11-24-22(23)25-19/h2-8,11,14H,9-10,12-13H2,1H3,(H2,23,24,25). The SMILES string of the molecule is Cc1ccc(-c2nn(-c3ccccc3)cc2CN2CCc3nc(N)ncc3C2)o1. The number of anilines is 1. The first-order valence-corrected chi connectivity index (χ1v) is 9.69. The van der Waals surface area contributed by atoms with Gasteiger partial charge in [-0.25, -0.2) is 14.6 Å². The lowest BCUT2D eigenvalue weighted by atomic mass is 10.1. The molecule has 0 fully saturated rings. The fourth-order valence-corrected chi connectivity index (χ4v) is 3.77. The van der Waals surface area contributed by atoms with E-state index in [1.54, 1.807) is 0 Å². The van der Waals surface area contributed by atoms with Crippen molar-refractivity contribution in [2.45, 2.75) is 26.4 Å². The lowest BCUT2D eigenvalue weighted by molar-refractivity contribution is 0.243. The molecule has 0 amide bonds. The van der Waals surface area contributed by atoms with Gasteiger partial charge in [-0.05, 0) is 31.2 Å². The van der Waals surface area contributed by atoms with Gasteiger partial charge in [0.25, 0.3) is 0 Å². The molecule has 0 saturated carbocycles. The summed E-state index contributed by atoms with van der Waals surface area (Å²) >= 11 is 0. The van der Waals surface area contributed by atoms with E-state index in [4.69, 9.17) is 15.2 Å². The number of hydrogen-bond acceptors (Lipinski definition) is 6. The van der Waals surface area contributed by atoms with E-state index in [0.29, 0.717) is 5.95 Å². The van der Waals surface area contributed by atoms with E-state index in [1.807, 2.05) is 60.3 Å². The lowest BCUT2D eigenvalue weighted by Gasteiger charge is -2.27. The molecule has 2 N–H and O–H groups in total. The van der Waals surface area contributed by atoms with Gasteiger partial charge in [-0.3, -0.25) is 4.90 Å². The molecule has 0 spiro atoms. The molecule has 0 aliphatic carbocycles. The van der Waals surface area contributed by atoms with Gasteiger partial charge in [-0.1, -0.05) is 18.2 Å². The van der Waals surface area contributed by atoms with Crippen molar-refractivity contribution in [3.8, 4) is 17.1 Å². The van der Waals surface area contributed by atoms with E-state index < -0.39 is 0 Å². The molecular weight excluding hydrogens is 364 g/mol. The first-order valence-electron chi connectivity index (χ1n) is 9.69. The van der Waals surface area contributed by atoms with Gasteiger partial charge in [-0.2, -0.15) is 5.10 Å². The van der Waals surface area contributed by atoms with Crippen molar-refractivity contribution in [3.63, 3.8) is 0 Å². The first kappa shape index (κ1) is 17.6. The number of nitrogens with two attached hydrogens (primary N) is 1. The Labute approximate surface area is 168 Å². The first-order chi connectivity index (χ1) is 14.2. The number of fused-ring (bicyclic) bond motifs is 1. The highest BCUT2D eigenvalue weighted by Crippen LogP contribution is 2.28. The van der Waals surface area contributed by atoms with Crippen molar-refractivity contribution in [3.05, 3.63) is 77.4 Å². The summed E-state index contributed by atoms with van der Waals surface area (Å²) in [5, 5.41) is 4.84. The number of nitrogen functional groups attached to an aromatic ring is 1. The van der Waals surface area contributed by atoms with Crippen molar-refractivity contribution in [2.75, 3.05) is 12.3 Å². The Balaban J connectivity index is 1.47. The molecular formula is C22H22N6O. The summed E-state index contributed by atoms with van der Waals surface area (Å²) in [6.45, 7) is 4.43. The molecule has 4 heterocycles. The number of furan rings is 1. The van der Waals surface area contributed by atoms with Gasteiger partial charge in [0.2, 0.25) is 5.95 Å². The number of para-hydroxylation sites is 1. The van der Waals surface area contributed by atoms with Crippen LogP contribution < -0.4 is 5.73 Å². The summed E-state index contributed by atoms with van der Waals surface area (Å²) < 4.78 is 7.81. The van der Waals surface area contributed by atoms with Crippen LogP contribution in [0.3, 0.4) is 0 Å².